The Hall–Kier alpha value is -3.13. The molecule has 8 heteroatoms. The topological polar surface area (TPSA) is 102 Å². The lowest BCUT2D eigenvalue weighted by Gasteiger charge is -2.16. The second kappa shape index (κ2) is 10.8. The molecule has 0 saturated carbocycles. The standard InChI is InChI=1S/C23H26N2O5S/c1-15(26)24-16-8-7-9-17(12-16)25-21(28)14-31-19-11-6-5-10-18(19)22(29)30-13-20(27)23(2,3)4/h5-12H,13-14H2,1-4H3,(H,24,26)(H,25,28). The molecular weight excluding hydrogens is 416 g/mol. The summed E-state index contributed by atoms with van der Waals surface area (Å²) in [4.78, 5) is 48.5. The molecule has 164 valence electrons. The SMILES string of the molecule is CC(=O)Nc1cccc(NC(=O)CSc2ccccc2C(=O)OCC(=O)C(C)(C)C)c1. The third-order valence-corrected chi connectivity index (χ3v) is 5.18. The molecule has 7 nitrogen and oxygen atoms in total. The largest absolute Gasteiger partial charge is 0.454 e. The highest BCUT2D eigenvalue weighted by molar-refractivity contribution is 8.00. The summed E-state index contributed by atoms with van der Waals surface area (Å²) in [7, 11) is 0. The van der Waals surface area contributed by atoms with E-state index in [1.54, 1.807) is 69.3 Å². The average Bonchev–Trinajstić information content (AvgIpc) is 2.69. The number of nitrogens with one attached hydrogen (secondary N) is 2. The fourth-order valence-corrected chi connectivity index (χ4v) is 3.25. The zero-order chi connectivity index (χ0) is 23.0. The fourth-order valence-electron chi connectivity index (χ4n) is 2.40. The summed E-state index contributed by atoms with van der Waals surface area (Å²) >= 11 is 1.19. The minimum Gasteiger partial charge on any atom is -0.454 e. The van der Waals surface area contributed by atoms with Gasteiger partial charge in [0.1, 0.15) is 0 Å². The van der Waals surface area contributed by atoms with Crippen molar-refractivity contribution in [1.29, 1.82) is 0 Å². The van der Waals surface area contributed by atoms with Crippen LogP contribution in [0.1, 0.15) is 38.1 Å². The molecule has 0 aliphatic heterocycles. The van der Waals surface area contributed by atoms with Gasteiger partial charge in [0.25, 0.3) is 0 Å². The molecule has 0 unspecified atom stereocenters. The first kappa shape index (κ1) is 24.1. The highest BCUT2D eigenvalue weighted by atomic mass is 32.2. The first-order chi connectivity index (χ1) is 14.6. The number of ether oxygens (including phenoxy) is 1. The van der Waals surface area contributed by atoms with Crippen molar-refractivity contribution in [1.82, 2.24) is 0 Å². The molecule has 2 rings (SSSR count). The molecule has 0 fully saturated rings. The number of hydrogen-bond donors (Lipinski definition) is 2. The maximum absolute atomic E-state index is 12.4. The van der Waals surface area contributed by atoms with Gasteiger partial charge >= 0.3 is 5.97 Å². The van der Waals surface area contributed by atoms with Gasteiger partial charge in [-0.15, -0.1) is 11.8 Å². The highest BCUT2D eigenvalue weighted by Crippen LogP contribution is 2.24. The molecule has 2 aromatic rings. The van der Waals surface area contributed by atoms with Crippen LogP contribution in [-0.4, -0.2) is 35.9 Å². The van der Waals surface area contributed by atoms with Crippen LogP contribution >= 0.6 is 11.8 Å². The van der Waals surface area contributed by atoms with E-state index in [9.17, 15) is 19.2 Å². The number of carbonyl (C=O) groups is 4. The normalized spacial score (nSPS) is 10.8. The third kappa shape index (κ3) is 7.90. The van der Waals surface area contributed by atoms with E-state index in [1.807, 2.05) is 0 Å². The maximum atomic E-state index is 12.4. The van der Waals surface area contributed by atoms with Crippen molar-refractivity contribution in [3.05, 3.63) is 54.1 Å². The monoisotopic (exact) mass is 442 g/mol. The first-order valence-electron chi connectivity index (χ1n) is 9.66. The van der Waals surface area contributed by atoms with E-state index in [-0.39, 0.29) is 30.0 Å². The summed E-state index contributed by atoms with van der Waals surface area (Å²) in [5, 5.41) is 5.41. The van der Waals surface area contributed by atoms with Crippen LogP contribution in [-0.2, 0) is 19.1 Å². The van der Waals surface area contributed by atoms with Crippen molar-refractivity contribution in [3.8, 4) is 0 Å². The lowest BCUT2D eigenvalue weighted by molar-refractivity contribution is -0.129. The zero-order valence-electron chi connectivity index (χ0n) is 18.0. The van der Waals surface area contributed by atoms with Crippen LogP contribution in [0.25, 0.3) is 0 Å². The zero-order valence-corrected chi connectivity index (χ0v) is 18.8. The van der Waals surface area contributed by atoms with Gasteiger partial charge < -0.3 is 15.4 Å². The van der Waals surface area contributed by atoms with Crippen molar-refractivity contribution in [2.45, 2.75) is 32.6 Å². The van der Waals surface area contributed by atoms with E-state index in [2.05, 4.69) is 10.6 Å². The predicted octanol–water partition coefficient (Wildman–Crippen LogP) is 4.15. The van der Waals surface area contributed by atoms with Crippen LogP contribution in [0.5, 0.6) is 0 Å². The second-order valence-corrected chi connectivity index (χ2v) is 8.86. The predicted molar refractivity (Wildman–Crippen MR) is 121 cm³/mol. The summed E-state index contributed by atoms with van der Waals surface area (Å²) in [5.74, 6) is -1.19. The van der Waals surface area contributed by atoms with E-state index in [1.165, 1.54) is 18.7 Å². The van der Waals surface area contributed by atoms with Crippen molar-refractivity contribution >= 4 is 46.7 Å². The molecule has 0 bridgehead atoms. The number of thioether (sulfide) groups is 1. The van der Waals surface area contributed by atoms with Crippen LogP contribution in [0, 0.1) is 5.41 Å². The number of hydrogen-bond acceptors (Lipinski definition) is 6. The number of Topliss-reactive ketones (excluding diaryl/α,β-unsaturated/α-hetero) is 1. The van der Waals surface area contributed by atoms with Gasteiger partial charge in [-0.3, -0.25) is 14.4 Å². The van der Waals surface area contributed by atoms with Crippen molar-refractivity contribution in [2.24, 2.45) is 5.41 Å². The molecule has 0 aliphatic rings. The Bertz CT molecular complexity index is 982. The van der Waals surface area contributed by atoms with E-state index < -0.39 is 11.4 Å². The summed E-state index contributed by atoms with van der Waals surface area (Å²) in [6.45, 7) is 6.39. The summed E-state index contributed by atoms with van der Waals surface area (Å²) < 4.78 is 5.17. The third-order valence-electron chi connectivity index (χ3n) is 4.10. The molecule has 2 aromatic carbocycles. The van der Waals surface area contributed by atoms with Gasteiger partial charge in [0.2, 0.25) is 11.8 Å². The second-order valence-electron chi connectivity index (χ2n) is 7.84. The summed E-state index contributed by atoms with van der Waals surface area (Å²) in [6, 6.07) is 13.6. The number of ketones is 1. The molecule has 2 N–H and O–H groups in total. The van der Waals surface area contributed by atoms with Gasteiger partial charge in [0.15, 0.2) is 12.4 Å². The Morgan fingerprint density at radius 3 is 2.23 bits per heavy atom. The van der Waals surface area contributed by atoms with Crippen molar-refractivity contribution < 1.29 is 23.9 Å². The lowest BCUT2D eigenvalue weighted by Crippen LogP contribution is -2.26. The molecule has 0 aliphatic carbocycles. The molecule has 0 aromatic heterocycles. The van der Waals surface area contributed by atoms with E-state index in [0.717, 1.165) is 0 Å². The van der Waals surface area contributed by atoms with E-state index in [4.69, 9.17) is 4.74 Å². The number of anilines is 2. The Labute approximate surface area is 185 Å². The van der Waals surface area contributed by atoms with Crippen LogP contribution in [0.15, 0.2) is 53.4 Å². The molecule has 0 radical (unpaired) electrons. The number of rotatable bonds is 8. The van der Waals surface area contributed by atoms with Crippen LogP contribution in [0.4, 0.5) is 11.4 Å². The van der Waals surface area contributed by atoms with Gasteiger partial charge in [0, 0.05) is 28.6 Å². The molecule has 2 amide bonds. The fraction of sp³-hybridized carbons (Fsp3) is 0.304. The van der Waals surface area contributed by atoms with Gasteiger partial charge in [-0.25, -0.2) is 4.79 Å². The van der Waals surface area contributed by atoms with Gasteiger partial charge in [-0.2, -0.15) is 0 Å². The summed E-state index contributed by atoms with van der Waals surface area (Å²) in [6.07, 6.45) is 0. The Kier molecular flexibility index (Phi) is 8.38. The number of amides is 2. The first-order valence-corrected chi connectivity index (χ1v) is 10.6. The number of benzene rings is 2. The smallest absolute Gasteiger partial charge is 0.339 e. The van der Waals surface area contributed by atoms with Crippen molar-refractivity contribution in [2.75, 3.05) is 23.0 Å². The number of esters is 1. The molecule has 0 saturated heterocycles. The minimum absolute atomic E-state index is 0.0651. The Morgan fingerprint density at radius 1 is 0.935 bits per heavy atom. The lowest BCUT2D eigenvalue weighted by atomic mass is 9.91. The number of carbonyl (C=O) groups excluding carboxylic acids is 4. The molecule has 0 atom stereocenters. The van der Waals surface area contributed by atoms with Crippen molar-refractivity contribution in [3.63, 3.8) is 0 Å². The summed E-state index contributed by atoms with van der Waals surface area (Å²) in [5.41, 5.74) is 0.833. The van der Waals surface area contributed by atoms with Crippen LogP contribution < -0.4 is 10.6 Å². The van der Waals surface area contributed by atoms with E-state index >= 15 is 0 Å². The maximum Gasteiger partial charge on any atom is 0.339 e. The minimum atomic E-state index is -0.607. The van der Waals surface area contributed by atoms with Gasteiger partial charge in [-0.1, -0.05) is 39.0 Å². The molecule has 31 heavy (non-hydrogen) atoms. The van der Waals surface area contributed by atoms with Crippen LogP contribution in [0.2, 0.25) is 0 Å². The van der Waals surface area contributed by atoms with Gasteiger partial charge in [-0.05, 0) is 30.3 Å². The Balaban J connectivity index is 1.97. The molecule has 0 heterocycles. The average molecular weight is 443 g/mol. The Morgan fingerprint density at radius 2 is 1.58 bits per heavy atom. The van der Waals surface area contributed by atoms with Crippen LogP contribution in [0.3, 0.4) is 0 Å². The molecule has 0 spiro atoms. The highest BCUT2D eigenvalue weighted by Gasteiger charge is 2.23. The molecular formula is C23H26N2O5S. The quantitative estimate of drug-likeness (QED) is 0.470. The van der Waals surface area contributed by atoms with E-state index in [0.29, 0.717) is 21.8 Å². The van der Waals surface area contributed by atoms with Gasteiger partial charge in [0.05, 0.1) is 11.3 Å².